The van der Waals surface area contributed by atoms with Crippen LogP contribution in [0.25, 0.3) is 0 Å². The Balaban J connectivity index is 2.16. The van der Waals surface area contributed by atoms with Crippen molar-refractivity contribution in [2.75, 3.05) is 39.4 Å². The molecule has 19 heavy (non-hydrogen) atoms. The topological polar surface area (TPSA) is 70.7 Å². The molecular formula is C13H23N3O3. The minimum absolute atomic E-state index is 0.0845. The molecule has 6 nitrogen and oxygen atoms in total. The quantitative estimate of drug-likeness (QED) is 0.612. The van der Waals surface area contributed by atoms with Crippen molar-refractivity contribution < 1.29 is 14.3 Å². The summed E-state index contributed by atoms with van der Waals surface area (Å²) in [5, 5.41) is 5.74. The van der Waals surface area contributed by atoms with Gasteiger partial charge in [0.25, 0.3) is 0 Å². The molecule has 1 aliphatic rings. The maximum absolute atomic E-state index is 11.8. The summed E-state index contributed by atoms with van der Waals surface area (Å²) in [6.45, 7) is 8.81. The molecule has 1 unspecified atom stereocenters. The van der Waals surface area contributed by atoms with Crippen LogP contribution in [0.3, 0.4) is 0 Å². The van der Waals surface area contributed by atoms with Crippen molar-refractivity contribution in [1.82, 2.24) is 15.5 Å². The SMILES string of the molecule is C=CCNC(=O)C(C)NCCC(=O)N1CCOCC1. The zero-order valence-electron chi connectivity index (χ0n) is 11.5. The summed E-state index contributed by atoms with van der Waals surface area (Å²) < 4.78 is 5.19. The van der Waals surface area contributed by atoms with Gasteiger partial charge in [-0.2, -0.15) is 0 Å². The van der Waals surface area contributed by atoms with E-state index in [1.807, 2.05) is 0 Å². The van der Waals surface area contributed by atoms with Gasteiger partial charge >= 0.3 is 0 Å². The summed E-state index contributed by atoms with van der Waals surface area (Å²) in [6, 6.07) is -0.308. The van der Waals surface area contributed by atoms with E-state index in [0.29, 0.717) is 45.8 Å². The Morgan fingerprint density at radius 2 is 2.11 bits per heavy atom. The van der Waals surface area contributed by atoms with Crippen LogP contribution in [0, 0.1) is 0 Å². The average molecular weight is 269 g/mol. The molecule has 2 amide bonds. The molecule has 1 atom stereocenters. The van der Waals surface area contributed by atoms with Crippen LogP contribution in [0.1, 0.15) is 13.3 Å². The highest BCUT2D eigenvalue weighted by Gasteiger charge is 2.17. The van der Waals surface area contributed by atoms with Crippen LogP contribution in [0.15, 0.2) is 12.7 Å². The van der Waals surface area contributed by atoms with Crippen LogP contribution >= 0.6 is 0 Å². The van der Waals surface area contributed by atoms with Crippen molar-refractivity contribution >= 4 is 11.8 Å². The lowest BCUT2D eigenvalue weighted by Crippen LogP contribution is -2.45. The van der Waals surface area contributed by atoms with Crippen LogP contribution < -0.4 is 10.6 Å². The number of carbonyl (C=O) groups excluding carboxylic acids is 2. The molecule has 1 rings (SSSR count). The number of rotatable bonds is 7. The molecule has 0 aromatic rings. The number of carbonyl (C=O) groups is 2. The number of ether oxygens (including phenoxy) is 1. The second kappa shape index (κ2) is 8.66. The predicted molar refractivity (Wildman–Crippen MR) is 72.7 cm³/mol. The fourth-order valence-corrected chi connectivity index (χ4v) is 1.79. The standard InChI is InChI=1S/C13H23N3O3/c1-3-5-15-13(18)11(2)14-6-4-12(17)16-7-9-19-10-8-16/h3,11,14H,1,4-10H2,2H3,(H,15,18). The summed E-state index contributed by atoms with van der Waals surface area (Å²) in [5.74, 6) is 0.0215. The predicted octanol–water partition coefficient (Wildman–Crippen LogP) is -0.484. The van der Waals surface area contributed by atoms with Gasteiger partial charge < -0.3 is 20.3 Å². The van der Waals surface area contributed by atoms with Crippen LogP contribution in [-0.2, 0) is 14.3 Å². The Kier molecular flexibility index (Phi) is 7.14. The summed E-state index contributed by atoms with van der Waals surface area (Å²) in [4.78, 5) is 25.2. The second-order valence-corrected chi connectivity index (χ2v) is 4.45. The molecule has 0 aromatic heterocycles. The van der Waals surface area contributed by atoms with Crippen LogP contribution in [-0.4, -0.2) is 62.1 Å². The van der Waals surface area contributed by atoms with E-state index in [0.717, 1.165) is 0 Å². The molecule has 1 fully saturated rings. The third-order valence-corrected chi connectivity index (χ3v) is 2.97. The number of hydrogen-bond donors (Lipinski definition) is 2. The molecule has 108 valence electrons. The fraction of sp³-hybridized carbons (Fsp3) is 0.692. The van der Waals surface area contributed by atoms with Gasteiger partial charge in [-0.1, -0.05) is 6.08 Å². The highest BCUT2D eigenvalue weighted by molar-refractivity contribution is 5.81. The first kappa shape index (κ1) is 15.7. The molecule has 0 radical (unpaired) electrons. The van der Waals surface area contributed by atoms with E-state index >= 15 is 0 Å². The average Bonchev–Trinajstić information content (AvgIpc) is 2.45. The zero-order valence-corrected chi connectivity index (χ0v) is 11.5. The first-order valence-electron chi connectivity index (χ1n) is 6.62. The van der Waals surface area contributed by atoms with Crippen molar-refractivity contribution in [1.29, 1.82) is 0 Å². The molecule has 0 aromatic carbocycles. The van der Waals surface area contributed by atoms with Gasteiger partial charge in [-0.05, 0) is 6.92 Å². The monoisotopic (exact) mass is 269 g/mol. The van der Waals surface area contributed by atoms with E-state index in [2.05, 4.69) is 17.2 Å². The minimum Gasteiger partial charge on any atom is -0.378 e. The van der Waals surface area contributed by atoms with Crippen molar-refractivity contribution in [3.8, 4) is 0 Å². The Morgan fingerprint density at radius 1 is 1.42 bits per heavy atom. The van der Waals surface area contributed by atoms with E-state index in [9.17, 15) is 9.59 Å². The molecule has 0 aliphatic carbocycles. The molecule has 0 bridgehead atoms. The van der Waals surface area contributed by atoms with Gasteiger partial charge in [0.15, 0.2) is 0 Å². The van der Waals surface area contributed by atoms with Gasteiger partial charge in [0.1, 0.15) is 0 Å². The molecular weight excluding hydrogens is 246 g/mol. The van der Waals surface area contributed by atoms with Crippen LogP contribution in [0.4, 0.5) is 0 Å². The lowest BCUT2D eigenvalue weighted by atomic mass is 10.2. The number of morpholine rings is 1. The first-order valence-corrected chi connectivity index (χ1v) is 6.62. The molecule has 0 spiro atoms. The van der Waals surface area contributed by atoms with Gasteiger partial charge in [0.05, 0.1) is 19.3 Å². The van der Waals surface area contributed by atoms with Gasteiger partial charge in [0.2, 0.25) is 11.8 Å². The van der Waals surface area contributed by atoms with E-state index in [1.54, 1.807) is 17.9 Å². The van der Waals surface area contributed by atoms with Crippen LogP contribution in [0.5, 0.6) is 0 Å². The van der Waals surface area contributed by atoms with Gasteiger partial charge in [-0.3, -0.25) is 9.59 Å². The Morgan fingerprint density at radius 3 is 2.74 bits per heavy atom. The van der Waals surface area contributed by atoms with E-state index in [1.165, 1.54) is 0 Å². The normalized spacial score (nSPS) is 16.8. The van der Waals surface area contributed by atoms with Crippen LogP contribution in [0.2, 0.25) is 0 Å². The van der Waals surface area contributed by atoms with E-state index in [-0.39, 0.29) is 17.9 Å². The van der Waals surface area contributed by atoms with Crippen molar-refractivity contribution in [2.45, 2.75) is 19.4 Å². The zero-order chi connectivity index (χ0) is 14.1. The maximum Gasteiger partial charge on any atom is 0.237 e. The fourth-order valence-electron chi connectivity index (χ4n) is 1.79. The Bertz CT molecular complexity index is 314. The largest absolute Gasteiger partial charge is 0.378 e. The maximum atomic E-state index is 11.8. The molecule has 6 heteroatoms. The molecule has 2 N–H and O–H groups in total. The smallest absolute Gasteiger partial charge is 0.237 e. The Labute approximate surface area is 114 Å². The number of hydrogen-bond acceptors (Lipinski definition) is 4. The number of nitrogens with zero attached hydrogens (tertiary/aromatic N) is 1. The third kappa shape index (κ3) is 5.85. The Hall–Kier alpha value is -1.40. The lowest BCUT2D eigenvalue weighted by Gasteiger charge is -2.27. The summed E-state index contributed by atoms with van der Waals surface area (Å²) >= 11 is 0. The highest BCUT2D eigenvalue weighted by atomic mass is 16.5. The van der Waals surface area contributed by atoms with Crippen molar-refractivity contribution in [2.24, 2.45) is 0 Å². The van der Waals surface area contributed by atoms with Crippen molar-refractivity contribution in [3.05, 3.63) is 12.7 Å². The molecule has 1 aliphatic heterocycles. The molecule has 1 heterocycles. The number of nitrogens with one attached hydrogen (secondary N) is 2. The highest BCUT2D eigenvalue weighted by Crippen LogP contribution is 1.99. The molecule has 1 saturated heterocycles. The van der Waals surface area contributed by atoms with E-state index in [4.69, 9.17) is 4.74 Å². The minimum atomic E-state index is -0.308. The van der Waals surface area contributed by atoms with Gasteiger partial charge in [-0.25, -0.2) is 0 Å². The van der Waals surface area contributed by atoms with Gasteiger partial charge in [-0.15, -0.1) is 6.58 Å². The third-order valence-electron chi connectivity index (χ3n) is 2.97. The first-order chi connectivity index (χ1) is 9.15. The summed E-state index contributed by atoms with van der Waals surface area (Å²) in [7, 11) is 0. The second-order valence-electron chi connectivity index (χ2n) is 4.45. The van der Waals surface area contributed by atoms with Crippen molar-refractivity contribution in [3.63, 3.8) is 0 Å². The van der Waals surface area contributed by atoms with E-state index < -0.39 is 0 Å². The van der Waals surface area contributed by atoms with Gasteiger partial charge in [0, 0.05) is 32.6 Å². The summed E-state index contributed by atoms with van der Waals surface area (Å²) in [5.41, 5.74) is 0. The molecule has 0 saturated carbocycles. The lowest BCUT2D eigenvalue weighted by molar-refractivity contribution is -0.135. The summed E-state index contributed by atoms with van der Waals surface area (Å²) in [6.07, 6.45) is 2.03. The number of amides is 2.